The van der Waals surface area contributed by atoms with Crippen molar-refractivity contribution in [2.45, 2.75) is 6.29 Å². The summed E-state index contributed by atoms with van der Waals surface area (Å²) in [5.41, 5.74) is 1.83. The lowest BCUT2D eigenvalue weighted by atomic mass is 10.1. The molecule has 0 N–H and O–H groups in total. The van der Waals surface area contributed by atoms with Crippen molar-refractivity contribution in [2.75, 3.05) is 13.2 Å². The second kappa shape index (κ2) is 3.56. The predicted octanol–water partition coefficient (Wildman–Crippen LogP) is 1.68. The SMILES string of the molecule is c1ccc2c(C3OCCO3)cnnc2c1. The van der Waals surface area contributed by atoms with Crippen LogP contribution < -0.4 is 0 Å². The largest absolute Gasteiger partial charge is 0.346 e. The van der Waals surface area contributed by atoms with Crippen molar-refractivity contribution in [3.63, 3.8) is 0 Å². The van der Waals surface area contributed by atoms with Crippen molar-refractivity contribution in [1.29, 1.82) is 0 Å². The van der Waals surface area contributed by atoms with Gasteiger partial charge in [-0.3, -0.25) is 0 Å². The summed E-state index contributed by atoms with van der Waals surface area (Å²) in [5.74, 6) is 0. The Labute approximate surface area is 86.8 Å². The number of ether oxygens (including phenoxy) is 2. The molecule has 2 heterocycles. The van der Waals surface area contributed by atoms with Crippen LogP contribution in [0.25, 0.3) is 10.9 Å². The van der Waals surface area contributed by atoms with Gasteiger partial charge in [0.2, 0.25) is 0 Å². The fourth-order valence-electron chi connectivity index (χ4n) is 1.75. The molecule has 15 heavy (non-hydrogen) atoms. The van der Waals surface area contributed by atoms with Gasteiger partial charge in [-0.2, -0.15) is 10.2 Å². The molecule has 0 unspecified atom stereocenters. The molecule has 0 bridgehead atoms. The summed E-state index contributed by atoms with van der Waals surface area (Å²) < 4.78 is 10.9. The van der Waals surface area contributed by atoms with Gasteiger partial charge in [-0.1, -0.05) is 18.2 Å². The Kier molecular flexibility index (Phi) is 2.08. The van der Waals surface area contributed by atoms with E-state index < -0.39 is 0 Å². The summed E-state index contributed by atoms with van der Waals surface area (Å²) >= 11 is 0. The molecule has 1 aliphatic heterocycles. The molecular weight excluding hydrogens is 192 g/mol. The number of nitrogens with zero attached hydrogens (tertiary/aromatic N) is 2. The van der Waals surface area contributed by atoms with Gasteiger partial charge in [-0.05, 0) is 6.07 Å². The topological polar surface area (TPSA) is 44.2 Å². The molecule has 0 aliphatic carbocycles. The maximum absolute atomic E-state index is 5.46. The third kappa shape index (κ3) is 1.48. The molecule has 1 aliphatic rings. The van der Waals surface area contributed by atoms with Crippen molar-refractivity contribution >= 4 is 10.9 Å². The van der Waals surface area contributed by atoms with Crippen LogP contribution in [0.4, 0.5) is 0 Å². The molecule has 4 heteroatoms. The van der Waals surface area contributed by atoms with Crippen LogP contribution in [0.15, 0.2) is 30.5 Å². The first-order valence-electron chi connectivity index (χ1n) is 4.89. The molecule has 76 valence electrons. The fourth-order valence-corrected chi connectivity index (χ4v) is 1.75. The highest BCUT2D eigenvalue weighted by molar-refractivity contribution is 5.81. The molecule has 0 radical (unpaired) electrons. The lowest BCUT2D eigenvalue weighted by Gasteiger charge is -2.10. The average Bonchev–Trinajstić information content (AvgIpc) is 2.82. The summed E-state index contributed by atoms with van der Waals surface area (Å²) in [7, 11) is 0. The quantitative estimate of drug-likeness (QED) is 0.705. The summed E-state index contributed by atoms with van der Waals surface area (Å²) in [6.07, 6.45) is 1.42. The summed E-state index contributed by atoms with van der Waals surface area (Å²) in [6.45, 7) is 1.28. The minimum atomic E-state index is -0.287. The molecule has 0 atom stereocenters. The Morgan fingerprint density at radius 3 is 2.80 bits per heavy atom. The van der Waals surface area contributed by atoms with Crippen molar-refractivity contribution in [1.82, 2.24) is 10.2 Å². The molecular formula is C11H10N2O2. The zero-order valence-corrected chi connectivity index (χ0v) is 8.09. The van der Waals surface area contributed by atoms with Crippen LogP contribution in [-0.2, 0) is 9.47 Å². The summed E-state index contributed by atoms with van der Waals surface area (Å²) in [6, 6.07) is 7.85. The number of rotatable bonds is 1. The molecule has 1 fully saturated rings. The van der Waals surface area contributed by atoms with Gasteiger partial charge in [0.25, 0.3) is 0 Å². The number of benzene rings is 1. The maximum atomic E-state index is 5.46. The molecule has 0 saturated carbocycles. The highest BCUT2D eigenvalue weighted by atomic mass is 16.7. The molecule has 0 amide bonds. The second-order valence-corrected chi connectivity index (χ2v) is 3.39. The highest BCUT2D eigenvalue weighted by Crippen LogP contribution is 2.27. The first-order chi connectivity index (χ1) is 7.45. The van der Waals surface area contributed by atoms with E-state index in [9.17, 15) is 0 Å². The molecule has 2 aromatic rings. The Morgan fingerprint density at radius 1 is 1.13 bits per heavy atom. The van der Waals surface area contributed by atoms with E-state index in [1.165, 1.54) is 0 Å². The van der Waals surface area contributed by atoms with Crippen LogP contribution in [0.3, 0.4) is 0 Å². The minimum Gasteiger partial charge on any atom is -0.346 e. The summed E-state index contributed by atoms with van der Waals surface area (Å²) in [5, 5.41) is 9.04. The van der Waals surface area contributed by atoms with E-state index in [1.807, 2.05) is 24.3 Å². The van der Waals surface area contributed by atoms with E-state index in [2.05, 4.69) is 10.2 Å². The normalized spacial score (nSPS) is 17.3. The standard InChI is InChI=1S/C11H10N2O2/c1-2-4-10-8(3-1)9(7-12-13-10)11-14-5-6-15-11/h1-4,7,11H,5-6H2. The van der Waals surface area contributed by atoms with Crippen LogP contribution in [0.2, 0.25) is 0 Å². The molecule has 1 aromatic heterocycles. The van der Waals surface area contributed by atoms with Gasteiger partial charge in [0, 0.05) is 10.9 Å². The van der Waals surface area contributed by atoms with E-state index >= 15 is 0 Å². The van der Waals surface area contributed by atoms with E-state index in [-0.39, 0.29) is 6.29 Å². The molecule has 0 spiro atoms. The first-order valence-corrected chi connectivity index (χ1v) is 4.89. The van der Waals surface area contributed by atoms with E-state index in [0.29, 0.717) is 13.2 Å². The third-order valence-corrected chi connectivity index (χ3v) is 2.45. The van der Waals surface area contributed by atoms with Crippen LogP contribution in [0.5, 0.6) is 0 Å². The van der Waals surface area contributed by atoms with Crippen LogP contribution in [-0.4, -0.2) is 23.4 Å². The van der Waals surface area contributed by atoms with Gasteiger partial charge in [0.15, 0.2) is 6.29 Å². The zero-order chi connectivity index (χ0) is 10.1. The highest BCUT2D eigenvalue weighted by Gasteiger charge is 2.20. The van der Waals surface area contributed by atoms with Gasteiger partial charge < -0.3 is 9.47 Å². The monoisotopic (exact) mass is 202 g/mol. The van der Waals surface area contributed by atoms with Crippen molar-refractivity contribution in [3.05, 3.63) is 36.0 Å². The van der Waals surface area contributed by atoms with E-state index in [0.717, 1.165) is 16.5 Å². The molecule has 3 rings (SSSR count). The van der Waals surface area contributed by atoms with Gasteiger partial charge in [0.05, 0.1) is 24.9 Å². The third-order valence-electron chi connectivity index (χ3n) is 2.45. The molecule has 1 saturated heterocycles. The Balaban J connectivity index is 2.16. The predicted molar refractivity (Wildman–Crippen MR) is 54.2 cm³/mol. The second-order valence-electron chi connectivity index (χ2n) is 3.39. The summed E-state index contributed by atoms with van der Waals surface area (Å²) in [4.78, 5) is 0. The lowest BCUT2D eigenvalue weighted by molar-refractivity contribution is -0.0432. The molecule has 1 aromatic carbocycles. The molecule has 4 nitrogen and oxygen atoms in total. The number of hydrogen-bond acceptors (Lipinski definition) is 4. The van der Waals surface area contributed by atoms with Gasteiger partial charge in [-0.15, -0.1) is 0 Å². The van der Waals surface area contributed by atoms with Crippen LogP contribution in [0.1, 0.15) is 11.9 Å². The minimum absolute atomic E-state index is 0.287. The number of fused-ring (bicyclic) bond motifs is 1. The average molecular weight is 202 g/mol. The number of hydrogen-bond donors (Lipinski definition) is 0. The Morgan fingerprint density at radius 2 is 1.93 bits per heavy atom. The fraction of sp³-hybridized carbons (Fsp3) is 0.273. The Bertz CT molecular complexity index is 475. The zero-order valence-electron chi connectivity index (χ0n) is 8.09. The van der Waals surface area contributed by atoms with Crippen LogP contribution >= 0.6 is 0 Å². The van der Waals surface area contributed by atoms with Gasteiger partial charge in [0.1, 0.15) is 0 Å². The van der Waals surface area contributed by atoms with E-state index in [4.69, 9.17) is 9.47 Å². The lowest BCUT2D eigenvalue weighted by Crippen LogP contribution is -2.01. The van der Waals surface area contributed by atoms with Crippen molar-refractivity contribution in [3.8, 4) is 0 Å². The van der Waals surface area contributed by atoms with Gasteiger partial charge in [-0.25, -0.2) is 0 Å². The first kappa shape index (κ1) is 8.76. The number of aromatic nitrogens is 2. The van der Waals surface area contributed by atoms with Crippen molar-refractivity contribution in [2.24, 2.45) is 0 Å². The van der Waals surface area contributed by atoms with Crippen LogP contribution in [0, 0.1) is 0 Å². The smallest absolute Gasteiger partial charge is 0.186 e. The van der Waals surface area contributed by atoms with E-state index in [1.54, 1.807) is 6.20 Å². The Hall–Kier alpha value is -1.52. The van der Waals surface area contributed by atoms with Gasteiger partial charge >= 0.3 is 0 Å². The maximum Gasteiger partial charge on any atom is 0.186 e. The van der Waals surface area contributed by atoms with Crippen molar-refractivity contribution < 1.29 is 9.47 Å².